The first-order valence-electron chi connectivity index (χ1n) is 10.0. The lowest BCUT2D eigenvalue weighted by Gasteiger charge is -2.22. The summed E-state index contributed by atoms with van der Waals surface area (Å²) in [5.74, 6) is -0.0976. The van der Waals surface area contributed by atoms with E-state index in [4.69, 9.17) is 0 Å². The maximum Gasteiger partial charge on any atom is 0.251 e. The van der Waals surface area contributed by atoms with Crippen LogP contribution >= 0.6 is 0 Å². The molecule has 152 valence electrons. The van der Waals surface area contributed by atoms with Gasteiger partial charge in [0.2, 0.25) is 11.9 Å². The van der Waals surface area contributed by atoms with Crippen molar-refractivity contribution in [2.45, 2.75) is 46.7 Å². The Bertz CT molecular complexity index is 1020. The second-order valence-corrected chi connectivity index (χ2v) is 7.63. The molecule has 0 aliphatic rings. The zero-order chi connectivity index (χ0) is 21.0. The molecule has 2 aromatic carbocycles. The maximum atomic E-state index is 13.0. The van der Waals surface area contributed by atoms with Gasteiger partial charge < -0.3 is 9.88 Å². The minimum Gasteiger partial charge on any atom is -0.340 e. The predicted molar refractivity (Wildman–Crippen MR) is 116 cm³/mol. The van der Waals surface area contributed by atoms with Crippen LogP contribution in [0.25, 0.3) is 11.0 Å². The molecule has 29 heavy (non-hydrogen) atoms. The number of nitrogens with one attached hydrogen (secondary N) is 2. The van der Waals surface area contributed by atoms with Crippen molar-refractivity contribution in [3.63, 3.8) is 0 Å². The van der Waals surface area contributed by atoms with Gasteiger partial charge in [-0.3, -0.25) is 14.9 Å². The van der Waals surface area contributed by atoms with E-state index < -0.39 is 6.04 Å². The van der Waals surface area contributed by atoms with Crippen LogP contribution in [0.5, 0.6) is 0 Å². The van der Waals surface area contributed by atoms with Crippen LogP contribution < -0.4 is 10.6 Å². The Labute approximate surface area is 171 Å². The lowest BCUT2D eigenvalue weighted by atomic mass is 10.0. The van der Waals surface area contributed by atoms with Gasteiger partial charge in [-0.2, -0.15) is 0 Å². The molecule has 3 aromatic rings. The molecule has 0 fully saturated rings. The van der Waals surface area contributed by atoms with Gasteiger partial charge in [-0.1, -0.05) is 50.6 Å². The van der Waals surface area contributed by atoms with Crippen LogP contribution in [0.2, 0.25) is 0 Å². The molecule has 3 rings (SSSR count). The van der Waals surface area contributed by atoms with Crippen LogP contribution in [0.1, 0.15) is 43.1 Å². The van der Waals surface area contributed by atoms with Gasteiger partial charge in [-0.15, -0.1) is 0 Å². The Hall–Kier alpha value is -3.15. The van der Waals surface area contributed by atoms with Crippen LogP contribution in [0, 0.1) is 12.8 Å². The van der Waals surface area contributed by atoms with E-state index >= 15 is 0 Å². The standard InChI is InChI=1S/C23H28N4O2/c1-5-13-27-19-12-7-6-11-18(19)24-23(27)26-22(29)20(15(2)3)25-21(28)17-10-8-9-16(4)14-17/h6-12,14-15,20H,5,13H2,1-4H3,(H,25,28)(H,24,26,29)/t20-/m0/s1. The van der Waals surface area contributed by atoms with Gasteiger partial charge in [0.25, 0.3) is 5.91 Å². The molecule has 1 atom stereocenters. The van der Waals surface area contributed by atoms with Gasteiger partial charge in [0.05, 0.1) is 11.0 Å². The summed E-state index contributed by atoms with van der Waals surface area (Å²) in [6.45, 7) is 8.59. The van der Waals surface area contributed by atoms with E-state index in [1.165, 1.54) is 0 Å². The molecule has 6 nitrogen and oxygen atoms in total. The van der Waals surface area contributed by atoms with Crippen molar-refractivity contribution >= 4 is 28.8 Å². The van der Waals surface area contributed by atoms with Crippen molar-refractivity contribution in [3.8, 4) is 0 Å². The Morgan fingerprint density at radius 2 is 1.86 bits per heavy atom. The van der Waals surface area contributed by atoms with Crippen molar-refractivity contribution in [2.75, 3.05) is 5.32 Å². The molecule has 0 aliphatic carbocycles. The SMILES string of the molecule is CCCn1c(NC(=O)[C@@H](NC(=O)c2cccc(C)c2)C(C)C)nc2ccccc21. The number of hydrogen-bond donors (Lipinski definition) is 2. The third-order valence-corrected chi connectivity index (χ3v) is 4.85. The van der Waals surface area contributed by atoms with E-state index in [2.05, 4.69) is 22.5 Å². The normalized spacial score (nSPS) is 12.2. The summed E-state index contributed by atoms with van der Waals surface area (Å²) in [6.07, 6.45) is 0.918. The van der Waals surface area contributed by atoms with E-state index in [1.807, 2.05) is 67.8 Å². The number of amides is 2. The summed E-state index contributed by atoms with van der Waals surface area (Å²) >= 11 is 0. The van der Waals surface area contributed by atoms with Crippen molar-refractivity contribution in [3.05, 3.63) is 59.7 Å². The first-order chi connectivity index (χ1) is 13.9. The number of nitrogens with zero attached hydrogens (tertiary/aromatic N) is 2. The van der Waals surface area contributed by atoms with Crippen LogP contribution in [-0.2, 0) is 11.3 Å². The van der Waals surface area contributed by atoms with Crippen LogP contribution in [0.3, 0.4) is 0 Å². The van der Waals surface area contributed by atoms with Gasteiger partial charge >= 0.3 is 0 Å². The fourth-order valence-electron chi connectivity index (χ4n) is 3.35. The molecule has 2 N–H and O–H groups in total. The van der Waals surface area contributed by atoms with E-state index in [-0.39, 0.29) is 17.7 Å². The molecule has 6 heteroatoms. The molecular formula is C23H28N4O2. The maximum absolute atomic E-state index is 13.0. The van der Waals surface area contributed by atoms with Crippen molar-refractivity contribution < 1.29 is 9.59 Å². The first-order valence-corrected chi connectivity index (χ1v) is 10.0. The Balaban J connectivity index is 1.82. The molecule has 0 aliphatic heterocycles. The summed E-state index contributed by atoms with van der Waals surface area (Å²) in [7, 11) is 0. The number of anilines is 1. The highest BCUT2D eigenvalue weighted by Crippen LogP contribution is 2.20. The van der Waals surface area contributed by atoms with Gasteiger partial charge in [-0.25, -0.2) is 4.98 Å². The van der Waals surface area contributed by atoms with Crippen LogP contribution in [-0.4, -0.2) is 27.4 Å². The molecule has 0 unspecified atom stereocenters. The molecule has 1 heterocycles. The number of aryl methyl sites for hydroxylation is 2. The number of carbonyl (C=O) groups is 2. The van der Waals surface area contributed by atoms with Crippen LogP contribution in [0.15, 0.2) is 48.5 Å². The molecule has 0 bridgehead atoms. The second kappa shape index (κ2) is 8.90. The molecule has 2 amide bonds. The molecular weight excluding hydrogens is 364 g/mol. The summed E-state index contributed by atoms with van der Waals surface area (Å²) in [5.41, 5.74) is 3.36. The summed E-state index contributed by atoms with van der Waals surface area (Å²) in [6, 6.07) is 14.5. The van der Waals surface area contributed by atoms with Crippen molar-refractivity contribution in [1.82, 2.24) is 14.9 Å². The summed E-state index contributed by atoms with van der Waals surface area (Å²) in [4.78, 5) is 30.3. The molecule has 0 saturated heterocycles. The smallest absolute Gasteiger partial charge is 0.251 e. The largest absolute Gasteiger partial charge is 0.340 e. The van der Waals surface area contributed by atoms with E-state index in [9.17, 15) is 9.59 Å². The van der Waals surface area contributed by atoms with Crippen molar-refractivity contribution in [1.29, 1.82) is 0 Å². The molecule has 0 saturated carbocycles. The zero-order valence-corrected chi connectivity index (χ0v) is 17.4. The lowest BCUT2D eigenvalue weighted by Crippen LogP contribution is -2.47. The Morgan fingerprint density at radius 1 is 1.10 bits per heavy atom. The van der Waals surface area contributed by atoms with E-state index in [0.29, 0.717) is 11.5 Å². The Morgan fingerprint density at radius 3 is 2.55 bits per heavy atom. The number of hydrogen-bond acceptors (Lipinski definition) is 3. The average Bonchev–Trinajstić information content (AvgIpc) is 3.03. The topological polar surface area (TPSA) is 76.0 Å². The quantitative estimate of drug-likeness (QED) is 0.634. The van der Waals surface area contributed by atoms with Gasteiger partial charge in [0, 0.05) is 12.1 Å². The highest BCUT2D eigenvalue weighted by atomic mass is 16.2. The highest BCUT2D eigenvalue weighted by Gasteiger charge is 2.26. The summed E-state index contributed by atoms with van der Waals surface area (Å²) < 4.78 is 2.01. The third kappa shape index (κ3) is 4.65. The molecule has 1 aromatic heterocycles. The number of rotatable bonds is 7. The average molecular weight is 393 g/mol. The number of fused-ring (bicyclic) bond motifs is 1. The van der Waals surface area contributed by atoms with E-state index in [1.54, 1.807) is 6.07 Å². The van der Waals surface area contributed by atoms with Gasteiger partial charge in [-0.05, 0) is 43.5 Å². The third-order valence-electron chi connectivity index (χ3n) is 4.85. The predicted octanol–water partition coefficient (Wildman–Crippen LogP) is 4.15. The monoisotopic (exact) mass is 392 g/mol. The molecule has 0 radical (unpaired) electrons. The number of benzene rings is 2. The second-order valence-electron chi connectivity index (χ2n) is 7.63. The van der Waals surface area contributed by atoms with Gasteiger partial charge in [0.15, 0.2) is 0 Å². The minimum atomic E-state index is -0.669. The fourth-order valence-corrected chi connectivity index (χ4v) is 3.35. The van der Waals surface area contributed by atoms with Crippen LogP contribution in [0.4, 0.5) is 5.95 Å². The number of imidazole rings is 1. The van der Waals surface area contributed by atoms with Gasteiger partial charge in [0.1, 0.15) is 6.04 Å². The minimum absolute atomic E-state index is 0.0761. The summed E-state index contributed by atoms with van der Waals surface area (Å²) in [5, 5.41) is 5.81. The fraction of sp³-hybridized carbons (Fsp3) is 0.348. The molecule has 0 spiro atoms. The highest BCUT2D eigenvalue weighted by molar-refractivity contribution is 6.01. The lowest BCUT2D eigenvalue weighted by molar-refractivity contribution is -0.119. The number of aromatic nitrogens is 2. The number of carbonyl (C=O) groups excluding carboxylic acids is 2. The Kier molecular flexibility index (Phi) is 6.32. The zero-order valence-electron chi connectivity index (χ0n) is 17.4. The van der Waals surface area contributed by atoms with Crippen molar-refractivity contribution in [2.24, 2.45) is 5.92 Å². The number of para-hydroxylation sites is 2. The first kappa shape index (κ1) is 20.6. The van der Waals surface area contributed by atoms with E-state index in [0.717, 1.165) is 29.6 Å².